The fraction of sp³-hybridized carbons (Fsp3) is 0.333. The average molecular weight is 386 g/mol. The standard InChI is InChI=1S/C15H17BrN4O.ClH/c16-11-3-1-5-13(9-11)20-8-6-14(19-20)15(21)18-12-4-2-7-17-10-12;/h1,3,5-6,8-9,12,17H,2,4,7,10H2,(H,18,21);1H. The number of halogens is 2. The molecule has 2 N–H and O–H groups in total. The Morgan fingerprint density at radius 2 is 2.27 bits per heavy atom. The fourth-order valence-electron chi connectivity index (χ4n) is 2.44. The Balaban J connectivity index is 0.00000176. The number of aromatic nitrogens is 2. The van der Waals surface area contributed by atoms with Gasteiger partial charge in [0.2, 0.25) is 0 Å². The maximum atomic E-state index is 12.2. The number of nitrogens with zero attached hydrogens (tertiary/aromatic N) is 2. The molecule has 1 aromatic heterocycles. The van der Waals surface area contributed by atoms with Crippen molar-refractivity contribution in [2.24, 2.45) is 0 Å². The van der Waals surface area contributed by atoms with Crippen LogP contribution in [0.3, 0.4) is 0 Å². The zero-order chi connectivity index (χ0) is 14.7. The molecule has 3 rings (SSSR count). The smallest absolute Gasteiger partial charge is 0.272 e. The summed E-state index contributed by atoms with van der Waals surface area (Å²) in [4.78, 5) is 12.2. The second-order valence-electron chi connectivity index (χ2n) is 5.14. The van der Waals surface area contributed by atoms with Gasteiger partial charge < -0.3 is 10.6 Å². The maximum absolute atomic E-state index is 12.2. The van der Waals surface area contributed by atoms with E-state index in [-0.39, 0.29) is 24.4 Å². The monoisotopic (exact) mass is 384 g/mol. The number of carbonyl (C=O) groups is 1. The third kappa shape index (κ3) is 4.09. The summed E-state index contributed by atoms with van der Waals surface area (Å²) < 4.78 is 2.69. The average Bonchev–Trinajstić information content (AvgIpc) is 2.98. The minimum Gasteiger partial charge on any atom is -0.347 e. The van der Waals surface area contributed by atoms with Crippen molar-refractivity contribution in [3.05, 3.63) is 46.7 Å². The molecule has 0 radical (unpaired) electrons. The number of piperidine rings is 1. The van der Waals surface area contributed by atoms with E-state index < -0.39 is 0 Å². The van der Waals surface area contributed by atoms with Crippen molar-refractivity contribution in [2.75, 3.05) is 13.1 Å². The predicted octanol–water partition coefficient (Wildman–Crippen LogP) is 2.54. The molecule has 0 spiro atoms. The summed E-state index contributed by atoms with van der Waals surface area (Å²) in [5, 5.41) is 10.7. The molecule has 7 heteroatoms. The van der Waals surface area contributed by atoms with Crippen LogP contribution >= 0.6 is 28.3 Å². The topological polar surface area (TPSA) is 59.0 Å². The van der Waals surface area contributed by atoms with Gasteiger partial charge in [-0.25, -0.2) is 4.68 Å². The first-order valence-electron chi connectivity index (χ1n) is 7.05. The van der Waals surface area contributed by atoms with Gasteiger partial charge in [0, 0.05) is 23.3 Å². The van der Waals surface area contributed by atoms with E-state index in [1.165, 1.54) is 0 Å². The molecule has 1 amide bonds. The summed E-state index contributed by atoms with van der Waals surface area (Å²) in [5.41, 5.74) is 1.36. The number of hydrogen-bond donors (Lipinski definition) is 2. The summed E-state index contributed by atoms with van der Waals surface area (Å²) >= 11 is 3.43. The Morgan fingerprint density at radius 1 is 1.41 bits per heavy atom. The van der Waals surface area contributed by atoms with Gasteiger partial charge in [-0.1, -0.05) is 22.0 Å². The Kier molecular flexibility index (Phi) is 5.99. The van der Waals surface area contributed by atoms with Crippen LogP contribution in [0.1, 0.15) is 23.3 Å². The molecule has 5 nitrogen and oxygen atoms in total. The zero-order valence-corrected chi connectivity index (χ0v) is 14.4. The zero-order valence-electron chi connectivity index (χ0n) is 12.0. The van der Waals surface area contributed by atoms with Gasteiger partial charge >= 0.3 is 0 Å². The Bertz CT molecular complexity index is 640. The van der Waals surface area contributed by atoms with E-state index in [9.17, 15) is 4.79 Å². The second-order valence-corrected chi connectivity index (χ2v) is 6.06. The van der Waals surface area contributed by atoms with Crippen LogP contribution in [0.5, 0.6) is 0 Å². The molecule has 22 heavy (non-hydrogen) atoms. The first-order chi connectivity index (χ1) is 10.2. The van der Waals surface area contributed by atoms with Crippen LogP contribution < -0.4 is 10.6 Å². The van der Waals surface area contributed by atoms with Gasteiger partial charge in [0.1, 0.15) is 0 Å². The number of rotatable bonds is 3. The lowest BCUT2D eigenvalue weighted by atomic mass is 10.1. The molecular formula is C15H18BrClN4O. The summed E-state index contributed by atoms with van der Waals surface area (Å²) in [6.07, 6.45) is 3.91. The normalized spacial score (nSPS) is 17.6. The van der Waals surface area contributed by atoms with E-state index >= 15 is 0 Å². The van der Waals surface area contributed by atoms with E-state index in [1.807, 2.05) is 24.3 Å². The number of carbonyl (C=O) groups excluding carboxylic acids is 1. The Morgan fingerprint density at radius 3 is 3.00 bits per heavy atom. The lowest BCUT2D eigenvalue weighted by Crippen LogP contribution is -2.45. The third-order valence-corrected chi connectivity index (χ3v) is 4.02. The molecule has 1 unspecified atom stereocenters. The number of nitrogens with one attached hydrogen (secondary N) is 2. The molecular weight excluding hydrogens is 368 g/mol. The number of amides is 1. The minimum absolute atomic E-state index is 0. The quantitative estimate of drug-likeness (QED) is 0.853. The van der Waals surface area contributed by atoms with Crippen LogP contribution in [0.4, 0.5) is 0 Å². The highest BCUT2D eigenvalue weighted by Crippen LogP contribution is 2.15. The fourth-order valence-corrected chi connectivity index (χ4v) is 2.83. The van der Waals surface area contributed by atoms with Crippen LogP contribution in [-0.2, 0) is 0 Å². The molecule has 2 aromatic rings. The first kappa shape index (κ1) is 17.0. The van der Waals surface area contributed by atoms with Crippen molar-refractivity contribution in [3.8, 4) is 5.69 Å². The van der Waals surface area contributed by atoms with Gasteiger partial charge in [-0.2, -0.15) is 5.10 Å². The number of hydrogen-bond acceptors (Lipinski definition) is 3. The summed E-state index contributed by atoms with van der Waals surface area (Å²) in [6.45, 7) is 1.86. The number of benzene rings is 1. The van der Waals surface area contributed by atoms with Crippen LogP contribution in [0.25, 0.3) is 5.69 Å². The maximum Gasteiger partial charge on any atom is 0.272 e. The van der Waals surface area contributed by atoms with E-state index in [2.05, 4.69) is 31.7 Å². The van der Waals surface area contributed by atoms with Gasteiger partial charge in [-0.3, -0.25) is 4.79 Å². The molecule has 1 fully saturated rings. The van der Waals surface area contributed by atoms with Crippen molar-refractivity contribution >= 4 is 34.2 Å². The second kappa shape index (κ2) is 7.76. The molecule has 1 atom stereocenters. The highest BCUT2D eigenvalue weighted by molar-refractivity contribution is 9.10. The van der Waals surface area contributed by atoms with Gasteiger partial charge in [0.15, 0.2) is 5.69 Å². The highest BCUT2D eigenvalue weighted by atomic mass is 79.9. The largest absolute Gasteiger partial charge is 0.347 e. The lowest BCUT2D eigenvalue weighted by molar-refractivity contribution is 0.0925. The lowest BCUT2D eigenvalue weighted by Gasteiger charge is -2.23. The predicted molar refractivity (Wildman–Crippen MR) is 91.9 cm³/mol. The van der Waals surface area contributed by atoms with Gasteiger partial charge in [0.25, 0.3) is 5.91 Å². The van der Waals surface area contributed by atoms with Crippen molar-refractivity contribution in [2.45, 2.75) is 18.9 Å². The van der Waals surface area contributed by atoms with Crippen molar-refractivity contribution in [1.29, 1.82) is 0 Å². The van der Waals surface area contributed by atoms with Crippen molar-refractivity contribution in [3.63, 3.8) is 0 Å². The summed E-state index contributed by atoms with van der Waals surface area (Å²) in [5.74, 6) is -0.113. The molecule has 0 saturated carbocycles. The highest BCUT2D eigenvalue weighted by Gasteiger charge is 2.17. The van der Waals surface area contributed by atoms with E-state index in [0.717, 1.165) is 36.1 Å². The molecule has 1 aliphatic heterocycles. The van der Waals surface area contributed by atoms with E-state index in [1.54, 1.807) is 16.9 Å². The van der Waals surface area contributed by atoms with Gasteiger partial charge in [-0.15, -0.1) is 12.4 Å². The summed E-state index contributed by atoms with van der Waals surface area (Å²) in [7, 11) is 0. The molecule has 0 bridgehead atoms. The van der Waals surface area contributed by atoms with Crippen LogP contribution in [-0.4, -0.2) is 34.8 Å². The van der Waals surface area contributed by atoms with Crippen LogP contribution in [0.2, 0.25) is 0 Å². The van der Waals surface area contributed by atoms with Crippen molar-refractivity contribution in [1.82, 2.24) is 20.4 Å². The van der Waals surface area contributed by atoms with Gasteiger partial charge in [0.05, 0.1) is 5.69 Å². The minimum atomic E-state index is -0.113. The SMILES string of the molecule is Cl.O=C(NC1CCCNC1)c1ccn(-c2cccc(Br)c2)n1. The van der Waals surface area contributed by atoms with Gasteiger partial charge in [-0.05, 0) is 43.7 Å². The molecule has 0 aliphatic carbocycles. The molecule has 1 aliphatic rings. The molecule has 118 valence electrons. The Hall–Kier alpha value is -1.37. The first-order valence-corrected chi connectivity index (χ1v) is 7.85. The van der Waals surface area contributed by atoms with Crippen molar-refractivity contribution < 1.29 is 4.79 Å². The van der Waals surface area contributed by atoms with Crippen LogP contribution in [0, 0.1) is 0 Å². The molecule has 1 saturated heterocycles. The van der Waals surface area contributed by atoms with E-state index in [4.69, 9.17) is 0 Å². The summed E-state index contributed by atoms with van der Waals surface area (Å²) in [6, 6.07) is 9.74. The molecule has 2 heterocycles. The Labute approximate surface area is 144 Å². The molecule has 1 aromatic carbocycles. The van der Waals surface area contributed by atoms with Crippen LogP contribution in [0.15, 0.2) is 41.0 Å². The third-order valence-electron chi connectivity index (χ3n) is 3.53. The van der Waals surface area contributed by atoms with E-state index in [0.29, 0.717) is 5.69 Å².